The molecule has 1 aliphatic heterocycles. The lowest BCUT2D eigenvalue weighted by molar-refractivity contribution is 0.0409. The zero-order chi connectivity index (χ0) is 23.6. The number of aromatic nitrogens is 6. The number of hydrogen-bond donors (Lipinski definition) is 0. The van der Waals surface area contributed by atoms with Crippen molar-refractivity contribution >= 4 is 34.2 Å². The number of rotatable bonds is 5. The molecule has 9 nitrogen and oxygen atoms in total. The minimum atomic E-state index is -0.555. The van der Waals surface area contributed by atoms with Gasteiger partial charge < -0.3 is 9.74 Å². The Morgan fingerprint density at radius 1 is 0.857 bits per heavy atom. The third-order valence-corrected chi connectivity index (χ3v) is 6.97. The van der Waals surface area contributed by atoms with Crippen molar-refractivity contribution < 1.29 is 9.63 Å². The summed E-state index contributed by atoms with van der Waals surface area (Å²) in [6.07, 6.45) is 5.53. The van der Waals surface area contributed by atoms with Crippen LogP contribution in [0.3, 0.4) is 0 Å². The van der Waals surface area contributed by atoms with E-state index in [1.165, 1.54) is 30.6 Å². The van der Waals surface area contributed by atoms with Crippen molar-refractivity contribution in [2.75, 3.05) is 18.0 Å². The fourth-order valence-electron chi connectivity index (χ4n) is 4.16. The number of carbonyl (C=O) groups is 1. The third-order valence-electron chi connectivity index (χ3n) is 5.97. The van der Waals surface area contributed by atoms with Gasteiger partial charge in [-0.25, -0.2) is 9.78 Å². The molecule has 35 heavy (non-hydrogen) atoms. The maximum atomic E-state index is 13.0. The van der Waals surface area contributed by atoms with Crippen LogP contribution in [0.2, 0.25) is 0 Å². The summed E-state index contributed by atoms with van der Waals surface area (Å²) in [6.45, 7) is 2.10. The Kier molecular flexibility index (Phi) is 5.63. The van der Waals surface area contributed by atoms with Gasteiger partial charge in [-0.15, -0.1) is 15.3 Å². The van der Waals surface area contributed by atoms with Crippen LogP contribution in [0.15, 0.2) is 66.9 Å². The smallest absolute Gasteiger partial charge is 0.357 e. The highest BCUT2D eigenvalue weighted by Gasteiger charge is 2.20. The minimum absolute atomic E-state index is 0.369. The van der Waals surface area contributed by atoms with Crippen LogP contribution in [0.5, 0.6) is 0 Å². The molecule has 5 aromatic rings. The average molecular weight is 484 g/mol. The number of benzene rings is 2. The standard InChI is InChI=1S/C25H21N7O2S/c33-25(34-32-21-11-5-4-10-20(21)27-30-32)19-9-3-2-8-18(19)24-29-28-23(35-24)17-12-13-22(26-16-17)31-14-6-1-7-15-31/h2-5,8-13,16H,1,6-7,14-15H2. The van der Waals surface area contributed by atoms with Gasteiger partial charge in [-0.05, 0) is 54.8 Å². The summed E-state index contributed by atoms with van der Waals surface area (Å²) < 4.78 is 0. The van der Waals surface area contributed by atoms with Crippen LogP contribution in [0.1, 0.15) is 29.6 Å². The van der Waals surface area contributed by atoms with E-state index in [0.29, 0.717) is 27.2 Å². The first-order valence-corrected chi connectivity index (χ1v) is 12.3. The van der Waals surface area contributed by atoms with Crippen molar-refractivity contribution in [3.05, 3.63) is 72.4 Å². The van der Waals surface area contributed by atoms with Gasteiger partial charge in [-0.3, -0.25) is 0 Å². The molecule has 6 rings (SSSR count). The van der Waals surface area contributed by atoms with Crippen LogP contribution in [0.4, 0.5) is 5.82 Å². The lowest BCUT2D eigenvalue weighted by atomic mass is 10.1. The van der Waals surface area contributed by atoms with Crippen molar-refractivity contribution in [3.63, 3.8) is 0 Å². The van der Waals surface area contributed by atoms with E-state index in [0.717, 1.165) is 34.3 Å². The molecule has 2 aromatic carbocycles. The van der Waals surface area contributed by atoms with Crippen LogP contribution < -0.4 is 9.74 Å². The van der Waals surface area contributed by atoms with Gasteiger partial charge in [-0.2, -0.15) is 0 Å². The maximum absolute atomic E-state index is 13.0. The Bertz CT molecular complexity index is 1490. The van der Waals surface area contributed by atoms with E-state index < -0.39 is 5.97 Å². The van der Waals surface area contributed by atoms with Crippen molar-refractivity contribution in [1.82, 2.24) is 30.3 Å². The summed E-state index contributed by atoms with van der Waals surface area (Å²) in [5.41, 5.74) is 3.15. The SMILES string of the molecule is O=C(On1nnc2ccccc21)c1ccccc1-c1nnc(-c2ccc(N3CCCCC3)nc2)s1. The molecule has 1 fully saturated rings. The highest BCUT2D eigenvalue weighted by atomic mass is 32.1. The lowest BCUT2D eigenvalue weighted by Crippen LogP contribution is -2.29. The second kappa shape index (κ2) is 9.22. The number of nitrogens with zero attached hydrogens (tertiary/aromatic N) is 7. The molecule has 1 saturated heterocycles. The quantitative estimate of drug-likeness (QED) is 0.342. The molecule has 0 N–H and O–H groups in total. The summed E-state index contributed by atoms with van der Waals surface area (Å²) in [7, 11) is 0. The zero-order valence-electron chi connectivity index (χ0n) is 18.7. The Morgan fingerprint density at radius 3 is 2.51 bits per heavy atom. The second-order valence-electron chi connectivity index (χ2n) is 8.24. The Labute approximate surface area is 205 Å². The molecule has 0 amide bonds. The number of pyridine rings is 1. The van der Waals surface area contributed by atoms with Gasteiger partial charge >= 0.3 is 5.97 Å². The highest BCUT2D eigenvalue weighted by Crippen LogP contribution is 2.32. The molecule has 0 aliphatic carbocycles. The van der Waals surface area contributed by atoms with Crippen LogP contribution in [0.25, 0.3) is 32.2 Å². The van der Waals surface area contributed by atoms with Crippen molar-refractivity contribution in [1.29, 1.82) is 0 Å². The van der Waals surface area contributed by atoms with Crippen LogP contribution in [0, 0.1) is 0 Å². The first kappa shape index (κ1) is 21.4. The molecule has 174 valence electrons. The van der Waals surface area contributed by atoms with Gasteiger partial charge in [0.15, 0.2) is 0 Å². The molecule has 4 heterocycles. The first-order valence-electron chi connectivity index (χ1n) is 11.4. The second-order valence-corrected chi connectivity index (χ2v) is 9.22. The molecular weight excluding hydrogens is 462 g/mol. The molecule has 0 unspecified atom stereocenters. The summed E-state index contributed by atoms with van der Waals surface area (Å²) in [4.78, 5) is 26.7. The Morgan fingerprint density at radius 2 is 1.66 bits per heavy atom. The number of carbonyl (C=O) groups excluding carboxylic acids is 1. The first-order chi connectivity index (χ1) is 17.3. The van der Waals surface area contributed by atoms with Crippen molar-refractivity contribution in [3.8, 4) is 21.1 Å². The fourth-order valence-corrected chi connectivity index (χ4v) is 5.03. The molecule has 0 spiro atoms. The number of fused-ring (bicyclic) bond motifs is 1. The van der Waals surface area contributed by atoms with E-state index in [4.69, 9.17) is 4.84 Å². The van der Waals surface area contributed by atoms with E-state index in [1.54, 1.807) is 24.3 Å². The van der Waals surface area contributed by atoms with E-state index in [-0.39, 0.29) is 0 Å². The highest BCUT2D eigenvalue weighted by molar-refractivity contribution is 7.18. The molecule has 10 heteroatoms. The third kappa shape index (κ3) is 4.24. The maximum Gasteiger partial charge on any atom is 0.366 e. The summed E-state index contributed by atoms with van der Waals surface area (Å²) in [5.74, 6) is 0.437. The van der Waals surface area contributed by atoms with Gasteiger partial charge in [0.2, 0.25) is 0 Å². The van der Waals surface area contributed by atoms with E-state index in [2.05, 4.69) is 30.4 Å². The number of anilines is 1. The Hall–Kier alpha value is -4.18. The molecular formula is C25H21N7O2S. The van der Waals surface area contributed by atoms with Crippen molar-refractivity contribution in [2.45, 2.75) is 19.3 Å². The van der Waals surface area contributed by atoms with Crippen LogP contribution in [-0.4, -0.2) is 49.4 Å². The molecule has 3 aromatic heterocycles. The Balaban J connectivity index is 1.25. The monoisotopic (exact) mass is 483 g/mol. The predicted molar refractivity (Wildman–Crippen MR) is 133 cm³/mol. The average Bonchev–Trinajstić information content (AvgIpc) is 3.57. The van der Waals surface area contributed by atoms with Crippen molar-refractivity contribution in [2.24, 2.45) is 0 Å². The molecule has 0 saturated carbocycles. The predicted octanol–water partition coefficient (Wildman–Crippen LogP) is 4.27. The molecule has 0 bridgehead atoms. The number of hydrogen-bond acceptors (Lipinski definition) is 9. The normalized spacial score (nSPS) is 13.8. The van der Waals surface area contributed by atoms with Gasteiger partial charge in [0.1, 0.15) is 26.9 Å². The van der Waals surface area contributed by atoms with Gasteiger partial charge in [0.25, 0.3) is 0 Å². The van der Waals surface area contributed by atoms with E-state index in [1.807, 2.05) is 42.6 Å². The summed E-state index contributed by atoms with van der Waals surface area (Å²) >= 11 is 1.40. The topological polar surface area (TPSA) is 98.9 Å². The molecule has 0 radical (unpaired) electrons. The van der Waals surface area contributed by atoms with E-state index >= 15 is 0 Å². The molecule has 1 aliphatic rings. The number of piperidine rings is 1. The van der Waals surface area contributed by atoms with Gasteiger partial charge in [0.05, 0.1) is 5.56 Å². The summed E-state index contributed by atoms with van der Waals surface area (Å²) in [5, 5.41) is 18.0. The fraction of sp³-hybridized carbons (Fsp3) is 0.200. The summed E-state index contributed by atoms with van der Waals surface area (Å²) in [6, 6.07) is 18.5. The minimum Gasteiger partial charge on any atom is -0.357 e. The van der Waals surface area contributed by atoms with E-state index in [9.17, 15) is 4.79 Å². The largest absolute Gasteiger partial charge is 0.366 e. The lowest BCUT2D eigenvalue weighted by Gasteiger charge is -2.27. The van der Waals surface area contributed by atoms with Crippen LogP contribution in [-0.2, 0) is 0 Å². The zero-order valence-corrected chi connectivity index (χ0v) is 19.6. The number of para-hydroxylation sites is 1. The van der Waals surface area contributed by atoms with Crippen LogP contribution >= 0.6 is 11.3 Å². The van der Waals surface area contributed by atoms with Gasteiger partial charge in [-0.1, -0.05) is 46.5 Å². The molecule has 0 atom stereocenters. The van der Waals surface area contributed by atoms with Gasteiger partial charge in [0, 0.05) is 30.4 Å².